The molecule has 4 heterocycles. The molecule has 3 fully saturated rings. The summed E-state index contributed by atoms with van der Waals surface area (Å²) in [5, 5.41) is 3.99. The van der Waals surface area contributed by atoms with Crippen LogP contribution in [-0.4, -0.2) is 103 Å². The van der Waals surface area contributed by atoms with Gasteiger partial charge in [-0.25, -0.2) is 12.7 Å². The Balaban J connectivity index is 0.00000289. The fraction of sp³-hybridized carbons (Fsp3) is 0.750. The van der Waals surface area contributed by atoms with Crippen LogP contribution in [0.4, 0.5) is 0 Å². The predicted octanol–water partition coefficient (Wildman–Crippen LogP) is 0.501. The molecule has 0 bridgehead atoms. The van der Waals surface area contributed by atoms with Crippen LogP contribution < -0.4 is 0 Å². The van der Waals surface area contributed by atoms with Crippen LogP contribution in [0.5, 0.6) is 0 Å². The quantitative estimate of drug-likeness (QED) is 0.588. The highest BCUT2D eigenvalue weighted by molar-refractivity contribution is 7.88. The number of fused-ring (bicyclic) bond motifs is 1. The second kappa shape index (κ2) is 9.28. The number of piperazine rings is 1. The Morgan fingerprint density at radius 2 is 1.88 bits per heavy atom. The number of halogens is 1. The lowest BCUT2D eigenvalue weighted by atomic mass is 9.88. The fourth-order valence-corrected chi connectivity index (χ4v) is 6.30. The number of nitrogens with zero attached hydrogens (tertiary/aromatic N) is 5. The smallest absolute Gasteiger partial charge is 0.276 e. The monoisotopic (exact) mass is 489 g/mol. The molecule has 0 unspecified atom stereocenters. The number of likely N-dealkylation sites (tertiary alicyclic amines) is 1. The standard InChI is InChI=1S/C20H31N5O5S.ClH/c1-13(2)17-18-16(25(20(17)27)31(4,28)29)5-6-24(18)19(26)15-11-14(30-21-15)12-23-9-7-22(3)8-10-23;/h11,13,16-18H,5-10,12H2,1-4H3;1H/t16-,17+,18-;/m0./s1. The van der Waals surface area contributed by atoms with Gasteiger partial charge in [-0.1, -0.05) is 19.0 Å². The Bertz CT molecular complexity index is 959. The molecule has 12 heteroatoms. The number of aromatic nitrogens is 1. The highest BCUT2D eigenvalue weighted by Gasteiger charge is 2.58. The minimum absolute atomic E-state index is 0. The lowest BCUT2D eigenvalue weighted by molar-refractivity contribution is -0.129. The topological polar surface area (TPSA) is 107 Å². The number of hydrogen-bond donors (Lipinski definition) is 0. The first kappa shape index (κ1) is 24.9. The van der Waals surface area contributed by atoms with E-state index >= 15 is 0 Å². The van der Waals surface area contributed by atoms with Crippen molar-refractivity contribution in [1.29, 1.82) is 0 Å². The van der Waals surface area contributed by atoms with E-state index in [-0.39, 0.29) is 29.9 Å². The maximum atomic E-state index is 13.3. The molecule has 2 amide bonds. The summed E-state index contributed by atoms with van der Waals surface area (Å²) in [7, 11) is -1.61. The maximum Gasteiger partial charge on any atom is 0.276 e. The summed E-state index contributed by atoms with van der Waals surface area (Å²) >= 11 is 0. The molecule has 0 aliphatic carbocycles. The van der Waals surface area contributed by atoms with Crippen molar-refractivity contribution in [3.8, 4) is 0 Å². The van der Waals surface area contributed by atoms with E-state index in [1.54, 1.807) is 11.0 Å². The zero-order chi connectivity index (χ0) is 22.5. The number of carbonyl (C=O) groups excluding carboxylic acids is 2. The van der Waals surface area contributed by atoms with Crippen molar-refractivity contribution < 1.29 is 22.5 Å². The van der Waals surface area contributed by atoms with E-state index in [9.17, 15) is 18.0 Å². The summed E-state index contributed by atoms with van der Waals surface area (Å²) in [6.07, 6.45) is 1.49. The summed E-state index contributed by atoms with van der Waals surface area (Å²) in [4.78, 5) is 32.3. The van der Waals surface area contributed by atoms with Gasteiger partial charge in [0.2, 0.25) is 15.9 Å². The first-order chi connectivity index (χ1) is 14.6. The van der Waals surface area contributed by atoms with Gasteiger partial charge in [-0.15, -0.1) is 12.4 Å². The van der Waals surface area contributed by atoms with Gasteiger partial charge in [-0.05, 0) is 19.4 Å². The van der Waals surface area contributed by atoms with E-state index < -0.39 is 33.9 Å². The lowest BCUT2D eigenvalue weighted by Gasteiger charge is -2.31. The average molecular weight is 490 g/mol. The number of hydrogen-bond acceptors (Lipinski definition) is 8. The van der Waals surface area contributed by atoms with Gasteiger partial charge in [0.15, 0.2) is 11.5 Å². The van der Waals surface area contributed by atoms with E-state index in [2.05, 4.69) is 22.0 Å². The largest absolute Gasteiger partial charge is 0.359 e. The molecule has 10 nitrogen and oxygen atoms in total. The van der Waals surface area contributed by atoms with Crippen LogP contribution in [0.2, 0.25) is 0 Å². The van der Waals surface area contributed by atoms with Gasteiger partial charge in [0.25, 0.3) is 5.91 Å². The van der Waals surface area contributed by atoms with Crippen molar-refractivity contribution >= 4 is 34.2 Å². The van der Waals surface area contributed by atoms with Crippen LogP contribution in [0.25, 0.3) is 0 Å². The Labute approximate surface area is 195 Å². The highest BCUT2D eigenvalue weighted by Crippen LogP contribution is 2.41. The molecule has 32 heavy (non-hydrogen) atoms. The summed E-state index contributed by atoms with van der Waals surface area (Å²) in [6, 6.07) is 0.673. The molecule has 0 aromatic carbocycles. The van der Waals surface area contributed by atoms with E-state index in [1.807, 2.05) is 13.8 Å². The summed E-state index contributed by atoms with van der Waals surface area (Å²) in [6.45, 7) is 8.57. The number of rotatable bonds is 5. The second-order valence-electron chi connectivity index (χ2n) is 9.27. The van der Waals surface area contributed by atoms with Crippen LogP contribution in [0.3, 0.4) is 0 Å². The van der Waals surface area contributed by atoms with Crippen molar-refractivity contribution in [3.63, 3.8) is 0 Å². The average Bonchev–Trinajstić information content (AvgIpc) is 3.36. The van der Waals surface area contributed by atoms with E-state index in [4.69, 9.17) is 4.52 Å². The number of carbonyl (C=O) groups is 2. The van der Waals surface area contributed by atoms with Gasteiger partial charge in [0, 0.05) is 38.8 Å². The Morgan fingerprint density at radius 3 is 2.47 bits per heavy atom. The lowest BCUT2D eigenvalue weighted by Crippen LogP contribution is -2.44. The van der Waals surface area contributed by atoms with Gasteiger partial charge < -0.3 is 14.3 Å². The minimum Gasteiger partial charge on any atom is -0.359 e. The zero-order valence-electron chi connectivity index (χ0n) is 18.9. The normalized spacial score (nSPS) is 27.2. The van der Waals surface area contributed by atoms with Crippen LogP contribution in [0.1, 0.15) is 36.5 Å². The second-order valence-corrected chi connectivity index (χ2v) is 11.1. The number of likely N-dealkylation sites (N-methyl/N-ethyl adjacent to an activating group) is 1. The molecule has 0 spiro atoms. The van der Waals surface area contributed by atoms with Crippen molar-refractivity contribution in [3.05, 3.63) is 17.5 Å². The molecule has 3 saturated heterocycles. The predicted molar refractivity (Wildman–Crippen MR) is 120 cm³/mol. The summed E-state index contributed by atoms with van der Waals surface area (Å²) in [5.74, 6) is -0.743. The minimum atomic E-state index is -3.70. The van der Waals surface area contributed by atoms with Crippen molar-refractivity contribution in [2.45, 2.75) is 38.9 Å². The molecule has 3 aliphatic heterocycles. The van der Waals surface area contributed by atoms with Crippen molar-refractivity contribution in [2.75, 3.05) is 46.0 Å². The van der Waals surface area contributed by atoms with Crippen LogP contribution in [0.15, 0.2) is 10.6 Å². The Hall–Kier alpha value is -1.69. The third-order valence-electron chi connectivity index (χ3n) is 6.68. The fourth-order valence-electron chi connectivity index (χ4n) is 5.13. The van der Waals surface area contributed by atoms with Crippen LogP contribution in [0, 0.1) is 11.8 Å². The molecular formula is C20H32ClN5O5S. The van der Waals surface area contributed by atoms with E-state index in [0.29, 0.717) is 25.3 Å². The SMILES string of the molecule is CC(C)[C@H]1C(=O)N(S(C)(=O)=O)[C@H]2CCN(C(=O)c3cc(CN4CCN(C)CC4)on3)[C@H]12.Cl. The van der Waals surface area contributed by atoms with E-state index in [1.165, 1.54) is 0 Å². The Morgan fingerprint density at radius 1 is 1.22 bits per heavy atom. The molecule has 0 saturated carbocycles. The third kappa shape index (κ3) is 4.52. The van der Waals surface area contributed by atoms with Crippen molar-refractivity contribution in [1.82, 2.24) is 24.2 Å². The maximum absolute atomic E-state index is 13.3. The molecule has 1 aromatic rings. The molecule has 4 rings (SSSR count). The molecule has 3 aliphatic rings. The van der Waals surface area contributed by atoms with Crippen LogP contribution >= 0.6 is 12.4 Å². The molecule has 0 N–H and O–H groups in total. The Kier molecular flexibility index (Phi) is 7.23. The van der Waals surface area contributed by atoms with Gasteiger partial charge in [-0.2, -0.15) is 0 Å². The molecule has 180 valence electrons. The van der Waals surface area contributed by atoms with Gasteiger partial charge in [0.1, 0.15) is 0 Å². The highest BCUT2D eigenvalue weighted by atomic mass is 35.5. The van der Waals surface area contributed by atoms with E-state index in [0.717, 1.165) is 36.7 Å². The summed E-state index contributed by atoms with van der Waals surface area (Å²) in [5.41, 5.74) is 0.206. The van der Waals surface area contributed by atoms with Crippen LogP contribution in [-0.2, 0) is 21.4 Å². The molecule has 1 aromatic heterocycles. The summed E-state index contributed by atoms with van der Waals surface area (Å²) < 4.78 is 31.0. The third-order valence-corrected chi connectivity index (χ3v) is 7.85. The molecule has 0 radical (unpaired) electrons. The first-order valence-corrected chi connectivity index (χ1v) is 12.6. The van der Waals surface area contributed by atoms with Gasteiger partial charge >= 0.3 is 0 Å². The number of amides is 2. The van der Waals surface area contributed by atoms with Crippen molar-refractivity contribution in [2.24, 2.45) is 11.8 Å². The zero-order valence-corrected chi connectivity index (χ0v) is 20.6. The van der Waals surface area contributed by atoms with Gasteiger partial charge in [0.05, 0.1) is 30.8 Å². The van der Waals surface area contributed by atoms with Gasteiger partial charge in [-0.3, -0.25) is 14.5 Å². The molecular weight excluding hydrogens is 458 g/mol. The number of sulfonamides is 1. The first-order valence-electron chi connectivity index (χ1n) is 10.8. The molecule has 3 atom stereocenters.